The summed E-state index contributed by atoms with van der Waals surface area (Å²) in [6, 6.07) is 13.5. The molecule has 0 radical (unpaired) electrons. The lowest BCUT2D eigenvalue weighted by Gasteiger charge is -2.08. The van der Waals surface area contributed by atoms with Gasteiger partial charge in [0, 0.05) is 42.8 Å². The molecule has 0 fully saturated rings. The highest BCUT2D eigenvalue weighted by Gasteiger charge is 2.03. The van der Waals surface area contributed by atoms with E-state index in [1.807, 2.05) is 44.3 Å². The molecule has 4 aromatic rings. The first-order valence-electron chi connectivity index (χ1n) is 8.32. The number of hydrogen-bond donors (Lipinski definition) is 2. The van der Waals surface area contributed by atoms with Crippen molar-refractivity contribution in [1.82, 2.24) is 19.9 Å². The Hall–Kier alpha value is -3.74. The Morgan fingerprint density at radius 1 is 1.11 bits per heavy atom. The summed E-state index contributed by atoms with van der Waals surface area (Å²) in [5, 5.41) is 4.08. The highest BCUT2D eigenvalue weighted by molar-refractivity contribution is 5.81. The van der Waals surface area contributed by atoms with E-state index in [1.165, 1.54) is 0 Å². The highest BCUT2D eigenvalue weighted by atomic mass is 16.5. The molecule has 2 N–H and O–H groups in total. The van der Waals surface area contributed by atoms with Crippen molar-refractivity contribution in [2.45, 2.75) is 6.92 Å². The van der Waals surface area contributed by atoms with Gasteiger partial charge in [0.15, 0.2) is 6.29 Å². The Kier molecular flexibility index (Phi) is 5.73. The first kappa shape index (κ1) is 18.1. The number of carbonyl (C=O) groups is 1. The number of anilines is 1. The van der Waals surface area contributed by atoms with Crippen LogP contribution in [0.5, 0.6) is 11.8 Å². The van der Waals surface area contributed by atoms with Crippen molar-refractivity contribution in [2.24, 2.45) is 0 Å². The van der Waals surface area contributed by atoms with Gasteiger partial charge in [-0.3, -0.25) is 4.79 Å². The van der Waals surface area contributed by atoms with Gasteiger partial charge in [-0.15, -0.1) is 0 Å². The molecule has 3 aromatic heterocycles. The lowest BCUT2D eigenvalue weighted by atomic mass is 10.2. The first-order valence-corrected chi connectivity index (χ1v) is 8.32. The van der Waals surface area contributed by atoms with Crippen molar-refractivity contribution in [2.75, 3.05) is 12.4 Å². The highest BCUT2D eigenvalue weighted by Crippen LogP contribution is 2.25. The molecule has 27 heavy (non-hydrogen) atoms. The number of aromatic nitrogens is 4. The van der Waals surface area contributed by atoms with Crippen molar-refractivity contribution in [1.29, 1.82) is 0 Å². The predicted octanol–water partition coefficient (Wildman–Crippen LogP) is 3.99. The fourth-order valence-electron chi connectivity index (χ4n) is 2.31. The van der Waals surface area contributed by atoms with Crippen LogP contribution in [0.3, 0.4) is 0 Å². The number of nitrogens with zero attached hydrogens (tertiary/aromatic N) is 3. The monoisotopic (exact) mass is 361 g/mol. The van der Waals surface area contributed by atoms with Crippen LogP contribution in [-0.4, -0.2) is 33.3 Å². The van der Waals surface area contributed by atoms with Crippen molar-refractivity contribution in [3.63, 3.8) is 0 Å². The number of aromatic amines is 1. The molecule has 0 saturated heterocycles. The van der Waals surface area contributed by atoms with E-state index < -0.39 is 0 Å². The summed E-state index contributed by atoms with van der Waals surface area (Å²) in [7, 11) is 1.87. The maximum atomic E-state index is 10.3. The summed E-state index contributed by atoms with van der Waals surface area (Å²) in [4.78, 5) is 25.3. The molecule has 0 amide bonds. The van der Waals surface area contributed by atoms with Gasteiger partial charge in [-0.2, -0.15) is 0 Å². The van der Waals surface area contributed by atoms with E-state index in [-0.39, 0.29) is 0 Å². The second-order valence-corrected chi connectivity index (χ2v) is 5.63. The quantitative estimate of drug-likeness (QED) is 0.534. The molecule has 0 atom stereocenters. The molecular weight excluding hydrogens is 342 g/mol. The average molecular weight is 361 g/mol. The van der Waals surface area contributed by atoms with Crippen molar-refractivity contribution in [3.05, 3.63) is 72.3 Å². The Labute approximate surface area is 156 Å². The predicted molar refractivity (Wildman–Crippen MR) is 104 cm³/mol. The molecule has 7 heteroatoms. The SMILES string of the molecule is CNc1ccc(C)c(Oc2ncccn2)c1.O=Cc1ccc2cc[nH]c2n1. The van der Waals surface area contributed by atoms with Gasteiger partial charge >= 0.3 is 6.01 Å². The topological polar surface area (TPSA) is 92.8 Å². The van der Waals surface area contributed by atoms with E-state index in [2.05, 4.69) is 25.3 Å². The van der Waals surface area contributed by atoms with E-state index in [0.717, 1.165) is 34.3 Å². The molecule has 0 spiro atoms. The summed E-state index contributed by atoms with van der Waals surface area (Å²) in [6.07, 6.45) is 5.84. The van der Waals surface area contributed by atoms with Crippen LogP contribution in [0, 0.1) is 6.92 Å². The van der Waals surface area contributed by atoms with E-state index in [9.17, 15) is 4.79 Å². The molecule has 7 nitrogen and oxygen atoms in total. The van der Waals surface area contributed by atoms with Crippen LogP contribution in [0.25, 0.3) is 11.0 Å². The number of benzene rings is 1. The van der Waals surface area contributed by atoms with Gasteiger partial charge in [-0.25, -0.2) is 15.0 Å². The second-order valence-electron chi connectivity index (χ2n) is 5.63. The molecule has 136 valence electrons. The normalized spacial score (nSPS) is 10.0. The minimum atomic E-state index is 0.360. The molecule has 0 bridgehead atoms. The summed E-state index contributed by atoms with van der Waals surface area (Å²) >= 11 is 0. The molecule has 3 heterocycles. The first-order chi connectivity index (χ1) is 13.2. The third-order valence-corrected chi connectivity index (χ3v) is 3.77. The fourth-order valence-corrected chi connectivity index (χ4v) is 2.31. The lowest BCUT2D eigenvalue weighted by Crippen LogP contribution is -1.94. The third-order valence-electron chi connectivity index (χ3n) is 3.77. The van der Waals surface area contributed by atoms with Crippen molar-refractivity contribution < 1.29 is 9.53 Å². The van der Waals surface area contributed by atoms with Crippen LogP contribution < -0.4 is 10.1 Å². The van der Waals surface area contributed by atoms with E-state index in [1.54, 1.807) is 30.7 Å². The second kappa shape index (κ2) is 8.57. The summed E-state index contributed by atoms with van der Waals surface area (Å²) in [5.74, 6) is 0.762. The zero-order valence-electron chi connectivity index (χ0n) is 15.0. The molecule has 0 aliphatic carbocycles. The number of rotatable bonds is 4. The van der Waals surface area contributed by atoms with Crippen LogP contribution in [0.1, 0.15) is 16.1 Å². The zero-order valence-corrected chi connectivity index (χ0v) is 15.0. The number of aryl methyl sites for hydroxylation is 1. The number of pyridine rings is 1. The third kappa shape index (κ3) is 4.66. The van der Waals surface area contributed by atoms with Crippen LogP contribution in [-0.2, 0) is 0 Å². The number of carbonyl (C=O) groups excluding carboxylic acids is 1. The molecule has 1 aromatic carbocycles. The average Bonchev–Trinajstić information content (AvgIpc) is 3.18. The fraction of sp³-hybridized carbons (Fsp3) is 0.100. The van der Waals surface area contributed by atoms with Gasteiger partial charge < -0.3 is 15.0 Å². The molecule has 4 rings (SSSR count). The minimum Gasteiger partial charge on any atom is -0.424 e. The standard InChI is InChI=1S/C12H13N3O.C8H6N2O/c1-9-4-5-10(13-2)8-11(9)16-12-14-6-3-7-15-12;11-5-7-2-1-6-3-4-9-8(6)10-7/h3-8,13H,1-2H3;1-5H,(H,9,10). The Morgan fingerprint density at radius 2 is 1.93 bits per heavy atom. The molecule has 0 unspecified atom stereocenters. The molecule has 0 aliphatic rings. The van der Waals surface area contributed by atoms with Gasteiger partial charge in [-0.1, -0.05) is 6.07 Å². The van der Waals surface area contributed by atoms with E-state index in [0.29, 0.717) is 11.7 Å². The summed E-state index contributed by atoms with van der Waals surface area (Å²) in [5.41, 5.74) is 3.26. The zero-order chi connectivity index (χ0) is 19.1. The van der Waals surface area contributed by atoms with Gasteiger partial charge in [0.05, 0.1) is 0 Å². The van der Waals surface area contributed by atoms with Crippen LogP contribution in [0.2, 0.25) is 0 Å². The smallest absolute Gasteiger partial charge is 0.321 e. The van der Waals surface area contributed by atoms with Gasteiger partial charge in [0.2, 0.25) is 0 Å². The maximum absolute atomic E-state index is 10.3. The molecular formula is C20H19N5O2. The van der Waals surface area contributed by atoms with E-state index >= 15 is 0 Å². The number of nitrogens with one attached hydrogen (secondary N) is 2. The minimum absolute atomic E-state index is 0.360. The number of fused-ring (bicyclic) bond motifs is 1. The Balaban J connectivity index is 0.000000166. The summed E-state index contributed by atoms with van der Waals surface area (Å²) in [6.45, 7) is 1.98. The number of aldehydes is 1. The van der Waals surface area contributed by atoms with Gasteiger partial charge in [-0.05, 0) is 42.8 Å². The number of ether oxygens (including phenoxy) is 1. The largest absolute Gasteiger partial charge is 0.424 e. The van der Waals surface area contributed by atoms with Crippen LogP contribution in [0.4, 0.5) is 5.69 Å². The Morgan fingerprint density at radius 3 is 2.67 bits per heavy atom. The number of H-pyrrole nitrogens is 1. The van der Waals surface area contributed by atoms with Gasteiger partial charge in [0.25, 0.3) is 0 Å². The van der Waals surface area contributed by atoms with Crippen LogP contribution in [0.15, 0.2) is 61.1 Å². The lowest BCUT2D eigenvalue weighted by molar-refractivity contribution is 0.111. The van der Waals surface area contributed by atoms with Gasteiger partial charge in [0.1, 0.15) is 17.1 Å². The summed E-state index contributed by atoms with van der Waals surface area (Å²) < 4.78 is 5.59. The molecule has 0 aliphatic heterocycles. The molecule has 0 saturated carbocycles. The maximum Gasteiger partial charge on any atom is 0.321 e. The van der Waals surface area contributed by atoms with Crippen molar-refractivity contribution in [3.8, 4) is 11.8 Å². The van der Waals surface area contributed by atoms with Crippen molar-refractivity contribution >= 4 is 23.0 Å². The Bertz CT molecular complexity index is 1030. The van der Waals surface area contributed by atoms with Crippen LogP contribution >= 0.6 is 0 Å². The van der Waals surface area contributed by atoms with E-state index in [4.69, 9.17) is 4.74 Å². The number of hydrogen-bond acceptors (Lipinski definition) is 6.